The van der Waals surface area contributed by atoms with Crippen molar-refractivity contribution >= 4 is 6.21 Å². The van der Waals surface area contributed by atoms with E-state index in [0.29, 0.717) is 5.70 Å². The molecule has 0 aliphatic heterocycles. The SMILES string of the molecule is C=C/C=C(N)\C=N/C(=C)N. The van der Waals surface area contributed by atoms with Gasteiger partial charge in [0.25, 0.3) is 0 Å². The van der Waals surface area contributed by atoms with Gasteiger partial charge in [-0.1, -0.05) is 19.2 Å². The molecule has 0 saturated heterocycles. The van der Waals surface area contributed by atoms with E-state index in [1.807, 2.05) is 0 Å². The molecule has 10 heavy (non-hydrogen) atoms. The fourth-order valence-corrected chi connectivity index (χ4v) is 0.337. The number of hydrogen-bond donors (Lipinski definition) is 2. The van der Waals surface area contributed by atoms with Gasteiger partial charge in [-0.15, -0.1) is 0 Å². The van der Waals surface area contributed by atoms with E-state index in [-0.39, 0.29) is 5.82 Å². The highest BCUT2D eigenvalue weighted by Crippen LogP contribution is 1.82. The second kappa shape index (κ2) is 4.38. The molecule has 0 fully saturated rings. The van der Waals surface area contributed by atoms with Gasteiger partial charge in [0.2, 0.25) is 0 Å². The summed E-state index contributed by atoms with van der Waals surface area (Å²) in [6.07, 6.45) is 4.61. The fraction of sp³-hybridized carbons (Fsp3) is 0. The number of nitrogens with zero attached hydrogens (tertiary/aromatic N) is 1. The van der Waals surface area contributed by atoms with E-state index < -0.39 is 0 Å². The summed E-state index contributed by atoms with van der Waals surface area (Å²) in [4.78, 5) is 3.66. The van der Waals surface area contributed by atoms with Gasteiger partial charge in [0.1, 0.15) is 5.82 Å². The van der Waals surface area contributed by atoms with Crippen LogP contribution in [0.4, 0.5) is 0 Å². The Morgan fingerprint density at radius 3 is 2.40 bits per heavy atom. The molecule has 0 aromatic carbocycles. The maximum absolute atomic E-state index is 5.38. The smallest absolute Gasteiger partial charge is 0.116 e. The van der Waals surface area contributed by atoms with Crippen LogP contribution >= 0.6 is 0 Å². The largest absolute Gasteiger partial charge is 0.397 e. The zero-order valence-corrected chi connectivity index (χ0v) is 5.75. The van der Waals surface area contributed by atoms with Crippen molar-refractivity contribution in [3.05, 3.63) is 36.8 Å². The number of rotatable bonds is 3. The molecule has 3 heteroatoms. The molecule has 0 aliphatic rings. The normalized spacial score (nSPS) is 11.8. The molecule has 0 saturated carbocycles. The number of allylic oxidation sites excluding steroid dienone is 3. The monoisotopic (exact) mass is 137 g/mol. The summed E-state index contributed by atoms with van der Waals surface area (Å²) < 4.78 is 0. The lowest BCUT2D eigenvalue weighted by molar-refractivity contribution is 1.27. The van der Waals surface area contributed by atoms with Crippen LogP contribution < -0.4 is 11.5 Å². The molecule has 0 atom stereocenters. The van der Waals surface area contributed by atoms with E-state index in [1.165, 1.54) is 6.21 Å². The highest BCUT2D eigenvalue weighted by atomic mass is 14.9. The van der Waals surface area contributed by atoms with Gasteiger partial charge in [-0.3, -0.25) is 0 Å². The van der Waals surface area contributed by atoms with Crippen LogP contribution in [0.3, 0.4) is 0 Å². The van der Waals surface area contributed by atoms with Crippen LogP contribution in [-0.4, -0.2) is 6.21 Å². The molecule has 0 bridgehead atoms. The molecule has 3 nitrogen and oxygen atoms in total. The Morgan fingerprint density at radius 2 is 2.00 bits per heavy atom. The van der Waals surface area contributed by atoms with Gasteiger partial charge in [-0.05, 0) is 6.08 Å². The van der Waals surface area contributed by atoms with Crippen LogP contribution in [0.15, 0.2) is 41.8 Å². The quantitative estimate of drug-likeness (QED) is 0.440. The van der Waals surface area contributed by atoms with Gasteiger partial charge in [0.05, 0.1) is 11.9 Å². The summed E-state index contributed by atoms with van der Waals surface area (Å²) in [5.74, 6) is 0.236. The second-order valence-corrected chi connectivity index (χ2v) is 1.65. The minimum Gasteiger partial charge on any atom is -0.397 e. The lowest BCUT2D eigenvalue weighted by atomic mass is 10.4. The van der Waals surface area contributed by atoms with Crippen molar-refractivity contribution in [2.24, 2.45) is 16.5 Å². The van der Waals surface area contributed by atoms with Gasteiger partial charge in [0.15, 0.2) is 0 Å². The molecule has 0 heterocycles. The standard InChI is InChI=1S/C7H11N3/c1-3-4-7(9)5-10-6(2)8/h3-5H,1-2,8-9H2/b7-4+,10-5-. The van der Waals surface area contributed by atoms with Crippen molar-refractivity contribution in [1.82, 2.24) is 0 Å². The Labute approximate surface area is 60.4 Å². The van der Waals surface area contributed by atoms with E-state index in [4.69, 9.17) is 11.5 Å². The Bertz CT molecular complexity index is 189. The van der Waals surface area contributed by atoms with Crippen LogP contribution in [0, 0.1) is 0 Å². The van der Waals surface area contributed by atoms with Crippen molar-refractivity contribution in [3.63, 3.8) is 0 Å². The van der Waals surface area contributed by atoms with Crippen LogP contribution in [0.1, 0.15) is 0 Å². The minimum absolute atomic E-state index is 0.236. The molecule has 0 aliphatic carbocycles. The number of nitrogens with two attached hydrogens (primary N) is 2. The topological polar surface area (TPSA) is 64.4 Å². The lowest BCUT2D eigenvalue weighted by Gasteiger charge is -1.88. The van der Waals surface area contributed by atoms with E-state index in [2.05, 4.69) is 18.2 Å². The zero-order chi connectivity index (χ0) is 7.98. The predicted molar refractivity (Wildman–Crippen MR) is 44.3 cm³/mol. The molecule has 0 aromatic heterocycles. The van der Waals surface area contributed by atoms with Gasteiger partial charge < -0.3 is 11.5 Å². The molecule has 0 radical (unpaired) electrons. The maximum atomic E-state index is 5.38. The summed E-state index contributed by atoms with van der Waals surface area (Å²) in [7, 11) is 0. The van der Waals surface area contributed by atoms with E-state index in [1.54, 1.807) is 12.2 Å². The van der Waals surface area contributed by atoms with E-state index in [0.717, 1.165) is 0 Å². The van der Waals surface area contributed by atoms with E-state index in [9.17, 15) is 0 Å². The summed E-state index contributed by atoms with van der Waals surface area (Å²) in [6, 6.07) is 0. The molecule has 0 amide bonds. The molecule has 4 N–H and O–H groups in total. The summed E-state index contributed by atoms with van der Waals surface area (Å²) in [6.45, 7) is 6.81. The van der Waals surface area contributed by atoms with E-state index >= 15 is 0 Å². The van der Waals surface area contributed by atoms with Crippen LogP contribution in [0.5, 0.6) is 0 Å². The molecule has 0 aromatic rings. The average molecular weight is 137 g/mol. The molecule has 0 spiro atoms. The predicted octanol–water partition coefficient (Wildman–Crippen LogP) is 0.516. The minimum atomic E-state index is 0.236. The third kappa shape index (κ3) is 4.64. The first-order chi connectivity index (χ1) is 4.66. The molecule has 0 rings (SSSR count). The van der Waals surface area contributed by atoms with Crippen molar-refractivity contribution in [1.29, 1.82) is 0 Å². The Morgan fingerprint density at radius 1 is 1.40 bits per heavy atom. The Kier molecular flexibility index (Phi) is 3.72. The highest BCUT2D eigenvalue weighted by molar-refractivity contribution is 5.78. The van der Waals surface area contributed by atoms with Gasteiger partial charge in [-0.25, -0.2) is 4.99 Å². The van der Waals surface area contributed by atoms with Gasteiger partial charge in [0, 0.05) is 0 Å². The van der Waals surface area contributed by atoms with Crippen molar-refractivity contribution in [2.75, 3.05) is 0 Å². The molecule has 54 valence electrons. The molecular weight excluding hydrogens is 126 g/mol. The first-order valence-electron chi connectivity index (χ1n) is 2.73. The highest BCUT2D eigenvalue weighted by Gasteiger charge is 1.78. The molecule has 0 unspecified atom stereocenters. The third-order valence-electron chi connectivity index (χ3n) is 0.690. The fourth-order valence-electron chi connectivity index (χ4n) is 0.337. The van der Waals surface area contributed by atoms with Crippen molar-refractivity contribution in [3.8, 4) is 0 Å². The average Bonchev–Trinajstić information content (AvgIpc) is 1.85. The van der Waals surface area contributed by atoms with Gasteiger partial charge >= 0.3 is 0 Å². The first-order valence-corrected chi connectivity index (χ1v) is 2.73. The van der Waals surface area contributed by atoms with Gasteiger partial charge in [-0.2, -0.15) is 0 Å². The van der Waals surface area contributed by atoms with Crippen molar-refractivity contribution < 1.29 is 0 Å². The van der Waals surface area contributed by atoms with Crippen molar-refractivity contribution in [2.45, 2.75) is 0 Å². The summed E-state index contributed by atoms with van der Waals surface area (Å²) >= 11 is 0. The lowest BCUT2D eigenvalue weighted by Crippen LogP contribution is -1.99. The van der Waals surface area contributed by atoms with Crippen LogP contribution in [0.2, 0.25) is 0 Å². The summed E-state index contributed by atoms with van der Waals surface area (Å²) in [5.41, 5.74) is 11.0. The second-order valence-electron chi connectivity index (χ2n) is 1.65. The first kappa shape index (κ1) is 8.49. The molecular formula is C7H11N3. The number of hydrogen-bond acceptors (Lipinski definition) is 3. The maximum Gasteiger partial charge on any atom is 0.116 e. The Hall–Kier alpha value is -1.51. The third-order valence-corrected chi connectivity index (χ3v) is 0.690. The Balaban J connectivity index is 4.01. The van der Waals surface area contributed by atoms with Crippen LogP contribution in [-0.2, 0) is 0 Å². The zero-order valence-electron chi connectivity index (χ0n) is 5.75. The number of aliphatic imine (C=N–C) groups is 1. The summed E-state index contributed by atoms with van der Waals surface area (Å²) in [5, 5.41) is 0. The van der Waals surface area contributed by atoms with Crippen LogP contribution in [0.25, 0.3) is 0 Å².